The Morgan fingerprint density at radius 2 is 2.67 bits per heavy atom. The van der Waals surface area contributed by atoms with Crippen LogP contribution in [0.15, 0.2) is 0 Å². The smallest absolute Gasteiger partial charge is 0.202 e. The van der Waals surface area contributed by atoms with Crippen molar-refractivity contribution in [3.63, 3.8) is 0 Å². The molecule has 0 amide bonds. The van der Waals surface area contributed by atoms with Crippen LogP contribution in [-0.2, 0) is 4.84 Å². The molecule has 0 radical (unpaired) electrons. The highest BCUT2D eigenvalue weighted by molar-refractivity contribution is 5.76. The Hall–Kier alpha value is -0.530. The summed E-state index contributed by atoms with van der Waals surface area (Å²) in [6.45, 7) is 2.86. The Morgan fingerprint density at radius 3 is 2.83 bits per heavy atom. The third-order valence-electron chi connectivity index (χ3n) is 0.826. The molecule has 0 aliphatic carbocycles. The second-order valence-corrected chi connectivity index (χ2v) is 1.48. The van der Waals surface area contributed by atoms with Gasteiger partial charge in [0.2, 0.25) is 5.71 Å². The van der Waals surface area contributed by atoms with Crippen LogP contribution >= 0.6 is 0 Å². The van der Waals surface area contributed by atoms with Crippen molar-refractivity contribution >= 4 is 5.71 Å². The van der Waals surface area contributed by atoms with Crippen LogP contribution < -0.4 is 5.16 Å². The van der Waals surface area contributed by atoms with E-state index in [1.54, 1.807) is 0 Å². The average molecular weight is 86.1 g/mol. The van der Waals surface area contributed by atoms with Gasteiger partial charge >= 0.3 is 0 Å². The minimum absolute atomic E-state index is 0.839. The zero-order valence-corrected chi connectivity index (χ0v) is 3.82. The van der Waals surface area contributed by atoms with E-state index >= 15 is 0 Å². The van der Waals surface area contributed by atoms with Gasteiger partial charge in [-0.15, -0.1) is 0 Å². The van der Waals surface area contributed by atoms with Gasteiger partial charge < -0.3 is 0 Å². The van der Waals surface area contributed by atoms with Crippen LogP contribution in [0.4, 0.5) is 0 Å². The molecule has 1 N–H and O–H groups in total. The molecule has 0 saturated heterocycles. The lowest BCUT2D eigenvalue weighted by Gasteiger charge is -1.68. The molecule has 0 spiro atoms. The summed E-state index contributed by atoms with van der Waals surface area (Å²) in [6, 6.07) is 0. The van der Waals surface area contributed by atoms with Gasteiger partial charge in [-0.1, -0.05) is 0 Å². The Labute approximate surface area is 36.8 Å². The number of rotatable bonds is 0. The summed E-state index contributed by atoms with van der Waals surface area (Å²) >= 11 is 0. The maximum atomic E-state index is 4.77. The summed E-state index contributed by atoms with van der Waals surface area (Å²) < 4.78 is 0. The molecule has 0 atom stereocenters. The first kappa shape index (κ1) is 3.65. The quantitative estimate of drug-likeness (QED) is 0.396. The molecule has 1 rings (SSSR count). The van der Waals surface area contributed by atoms with E-state index in [1.165, 1.54) is 5.71 Å². The molecular weight excluding hydrogens is 78.0 g/mol. The van der Waals surface area contributed by atoms with E-state index in [2.05, 4.69) is 5.16 Å². The summed E-state index contributed by atoms with van der Waals surface area (Å²) in [5, 5.41) is 2.74. The molecule has 0 unspecified atom stereocenters. The highest BCUT2D eigenvalue weighted by Crippen LogP contribution is 1.79. The van der Waals surface area contributed by atoms with Gasteiger partial charge in [-0.3, -0.25) is 4.84 Å². The van der Waals surface area contributed by atoms with Crippen LogP contribution in [0, 0.1) is 0 Å². The lowest BCUT2D eigenvalue weighted by Crippen LogP contribution is -2.67. The predicted octanol–water partition coefficient (Wildman–Crippen LogP) is -1.14. The molecule has 0 aromatic carbocycles. The summed E-state index contributed by atoms with van der Waals surface area (Å²) in [5.41, 5.74) is 1.23. The van der Waals surface area contributed by atoms with Crippen LogP contribution in [0.25, 0.3) is 0 Å². The summed E-state index contributed by atoms with van der Waals surface area (Å²) in [5.74, 6) is 0. The molecule has 0 saturated carbocycles. The molecule has 1 aliphatic heterocycles. The minimum Gasteiger partial charge on any atom is -0.279 e. The van der Waals surface area contributed by atoms with Gasteiger partial charge in [0.05, 0.1) is 6.42 Å². The summed E-state index contributed by atoms with van der Waals surface area (Å²) in [7, 11) is 0. The normalized spacial score (nSPS) is 19.8. The maximum Gasteiger partial charge on any atom is 0.202 e. The van der Waals surface area contributed by atoms with Crippen LogP contribution in [0.3, 0.4) is 0 Å². The molecule has 2 heteroatoms. The third kappa shape index (κ3) is 0.506. The lowest BCUT2D eigenvalue weighted by atomic mass is 10.3. The van der Waals surface area contributed by atoms with Crippen molar-refractivity contribution in [2.24, 2.45) is 0 Å². The number of nitrogens with one attached hydrogen (secondary N) is 1. The second-order valence-electron chi connectivity index (χ2n) is 1.48. The predicted molar refractivity (Wildman–Crippen MR) is 22.2 cm³/mol. The molecule has 2 nitrogen and oxygen atoms in total. The lowest BCUT2D eigenvalue weighted by molar-refractivity contribution is -0.742. The average Bonchev–Trinajstić information content (AvgIpc) is 1.86. The maximum absolute atomic E-state index is 4.77. The Morgan fingerprint density at radius 1 is 1.83 bits per heavy atom. The SMILES string of the molecule is CC1=[NH+]OCC1. The topological polar surface area (TPSA) is 23.2 Å². The zero-order valence-electron chi connectivity index (χ0n) is 3.82. The van der Waals surface area contributed by atoms with E-state index in [0.29, 0.717) is 0 Å². The molecule has 0 aromatic rings. The fraction of sp³-hybridized carbons (Fsp3) is 0.750. The second kappa shape index (κ2) is 1.29. The number of hydrogen-bond acceptors (Lipinski definition) is 1. The molecule has 0 aromatic heterocycles. The summed E-state index contributed by atoms with van der Waals surface area (Å²) in [4.78, 5) is 4.77. The fourth-order valence-corrected chi connectivity index (χ4v) is 0.429. The van der Waals surface area contributed by atoms with Gasteiger partial charge in [0.15, 0.2) is 6.61 Å². The van der Waals surface area contributed by atoms with E-state index < -0.39 is 0 Å². The molecule has 6 heavy (non-hydrogen) atoms. The van der Waals surface area contributed by atoms with Crippen molar-refractivity contribution in [1.82, 2.24) is 0 Å². The summed E-state index contributed by atoms with van der Waals surface area (Å²) in [6.07, 6.45) is 1.07. The Kier molecular flexibility index (Phi) is 0.783. The van der Waals surface area contributed by atoms with Crippen LogP contribution in [0.2, 0.25) is 0 Å². The van der Waals surface area contributed by atoms with Crippen molar-refractivity contribution in [3.8, 4) is 0 Å². The van der Waals surface area contributed by atoms with Crippen molar-refractivity contribution in [2.75, 3.05) is 6.61 Å². The van der Waals surface area contributed by atoms with Crippen molar-refractivity contribution in [2.45, 2.75) is 13.3 Å². The van der Waals surface area contributed by atoms with Crippen molar-refractivity contribution in [1.29, 1.82) is 0 Å². The Balaban J connectivity index is 2.45. The van der Waals surface area contributed by atoms with E-state index in [1.807, 2.05) is 6.92 Å². The van der Waals surface area contributed by atoms with E-state index in [-0.39, 0.29) is 0 Å². The van der Waals surface area contributed by atoms with Gasteiger partial charge in [0.1, 0.15) is 0 Å². The van der Waals surface area contributed by atoms with E-state index in [4.69, 9.17) is 4.84 Å². The van der Waals surface area contributed by atoms with Gasteiger partial charge in [0, 0.05) is 6.92 Å². The monoisotopic (exact) mass is 86.1 g/mol. The number of hydrogen-bond donors (Lipinski definition) is 1. The van der Waals surface area contributed by atoms with Crippen LogP contribution in [-0.4, -0.2) is 12.3 Å². The molecule has 0 bridgehead atoms. The molecule has 0 fully saturated rings. The van der Waals surface area contributed by atoms with Crippen molar-refractivity contribution < 1.29 is 9.99 Å². The molecule has 1 heterocycles. The van der Waals surface area contributed by atoms with Gasteiger partial charge in [-0.25, -0.2) is 0 Å². The molecular formula is C4H8NO+. The fourth-order valence-electron chi connectivity index (χ4n) is 0.429. The van der Waals surface area contributed by atoms with Crippen LogP contribution in [0.5, 0.6) is 0 Å². The standard InChI is InChI=1S/C4H7NO/c1-4-2-3-6-5-4/h2-3H2,1H3/p+1. The van der Waals surface area contributed by atoms with E-state index in [0.717, 1.165) is 13.0 Å². The van der Waals surface area contributed by atoms with Gasteiger partial charge in [-0.05, 0) is 5.16 Å². The first-order valence-corrected chi connectivity index (χ1v) is 2.10. The third-order valence-corrected chi connectivity index (χ3v) is 0.826. The highest BCUT2D eigenvalue weighted by Gasteiger charge is 2.06. The minimum atomic E-state index is 0.839. The first-order chi connectivity index (χ1) is 2.89. The first-order valence-electron chi connectivity index (χ1n) is 2.10. The zero-order chi connectivity index (χ0) is 4.41. The molecule has 1 aliphatic rings. The molecule has 34 valence electrons. The highest BCUT2D eigenvalue weighted by atomic mass is 16.6. The van der Waals surface area contributed by atoms with Crippen molar-refractivity contribution in [3.05, 3.63) is 0 Å². The van der Waals surface area contributed by atoms with Crippen LogP contribution in [0.1, 0.15) is 13.3 Å². The van der Waals surface area contributed by atoms with E-state index in [9.17, 15) is 0 Å². The van der Waals surface area contributed by atoms with Gasteiger partial charge in [0.25, 0.3) is 0 Å². The largest absolute Gasteiger partial charge is 0.279 e. The Bertz CT molecular complexity index is 77.6. The van der Waals surface area contributed by atoms with Gasteiger partial charge in [-0.2, -0.15) is 0 Å².